The Bertz CT molecular complexity index is 860. The maximum absolute atomic E-state index is 12.6. The van der Waals surface area contributed by atoms with Crippen LogP contribution in [0.15, 0.2) is 36.4 Å². The fourth-order valence-electron chi connectivity index (χ4n) is 2.14. The van der Waals surface area contributed by atoms with Crippen LogP contribution in [0.5, 0.6) is 11.5 Å². The zero-order valence-corrected chi connectivity index (χ0v) is 14.7. The maximum Gasteiger partial charge on any atom is 0.416 e. The van der Waals surface area contributed by atoms with E-state index in [4.69, 9.17) is 21.5 Å². The lowest BCUT2D eigenvalue weighted by Gasteiger charge is -2.12. The van der Waals surface area contributed by atoms with Crippen LogP contribution in [0.2, 0.25) is 5.02 Å². The van der Waals surface area contributed by atoms with Crippen LogP contribution in [0.25, 0.3) is 0 Å². The van der Waals surface area contributed by atoms with Gasteiger partial charge in [-0.2, -0.15) is 13.2 Å². The highest BCUT2D eigenvalue weighted by atomic mass is 35.5. The van der Waals surface area contributed by atoms with Gasteiger partial charge in [0.05, 0.1) is 15.5 Å². The summed E-state index contributed by atoms with van der Waals surface area (Å²) in [6.07, 6.45) is -4.82. The summed E-state index contributed by atoms with van der Waals surface area (Å²) in [6, 6.07) is 6.33. The Morgan fingerprint density at radius 1 is 1.23 bits per heavy atom. The Morgan fingerprint density at radius 2 is 1.92 bits per heavy atom. The Kier molecular flexibility index (Phi) is 6.28. The van der Waals surface area contributed by atoms with Gasteiger partial charge in [0, 0.05) is 19.7 Å². The summed E-state index contributed by atoms with van der Waals surface area (Å²) in [6.45, 7) is 0. The van der Waals surface area contributed by atoms with Crippen LogP contribution in [0, 0.1) is 4.91 Å². The van der Waals surface area contributed by atoms with Crippen molar-refractivity contribution in [2.24, 2.45) is 0 Å². The van der Waals surface area contributed by atoms with Gasteiger partial charge in [0.15, 0.2) is 0 Å². The smallest absolute Gasteiger partial charge is 0.416 e. The fraction of sp³-hybridized carbons (Fsp3) is 0.200. The third kappa shape index (κ3) is 5.20. The van der Waals surface area contributed by atoms with Gasteiger partial charge in [-0.3, -0.25) is 0 Å². The van der Waals surface area contributed by atoms with Gasteiger partial charge >= 0.3 is 11.9 Å². The first kappa shape index (κ1) is 20.2. The molecule has 11 heteroatoms. The molecule has 0 bridgehead atoms. The van der Waals surface area contributed by atoms with Crippen LogP contribution in [0.1, 0.15) is 11.1 Å². The van der Waals surface area contributed by atoms with E-state index >= 15 is 0 Å². The van der Waals surface area contributed by atoms with Crippen LogP contribution < -0.4 is 9.63 Å². The molecule has 0 aromatic heterocycles. The molecule has 0 heterocycles. The number of aryl methyl sites for hydroxylation is 1. The molecule has 0 aliphatic heterocycles. The molecule has 0 radical (unpaired) electrons. The first-order valence-corrected chi connectivity index (χ1v) is 9.01. The van der Waals surface area contributed by atoms with Gasteiger partial charge in [-0.05, 0) is 42.9 Å². The van der Waals surface area contributed by atoms with E-state index in [1.165, 1.54) is 18.2 Å². The van der Waals surface area contributed by atoms with Gasteiger partial charge in [0.2, 0.25) is 0 Å². The molecule has 0 spiro atoms. The molecule has 26 heavy (non-hydrogen) atoms. The Labute approximate surface area is 151 Å². The topological polar surface area (TPSA) is 89.7 Å². The van der Waals surface area contributed by atoms with Crippen molar-refractivity contribution in [1.29, 1.82) is 0 Å². The molecule has 2 aromatic carbocycles. The van der Waals surface area contributed by atoms with Gasteiger partial charge < -0.3 is 14.2 Å². The second-order valence-corrected chi connectivity index (χ2v) is 6.83. The first-order chi connectivity index (χ1) is 12.1. The predicted octanol–water partition coefficient (Wildman–Crippen LogP) is 4.33. The number of halogens is 4. The number of hydrogen-bond donors (Lipinski definition) is 1. The molecule has 0 aliphatic rings. The zero-order valence-electron chi connectivity index (χ0n) is 12.9. The third-order valence-electron chi connectivity index (χ3n) is 3.34. The Hall–Kier alpha value is -2.09. The number of nitrogens with zero attached hydrogens (tertiary/aromatic N) is 1. The molecule has 2 rings (SSSR count). The van der Waals surface area contributed by atoms with Crippen LogP contribution in [0.4, 0.5) is 18.9 Å². The van der Waals surface area contributed by atoms with Crippen molar-refractivity contribution in [2.75, 3.05) is 6.16 Å². The van der Waals surface area contributed by atoms with Crippen molar-refractivity contribution in [3.63, 3.8) is 0 Å². The summed E-state index contributed by atoms with van der Waals surface area (Å²) in [5.41, 5.74) is -0.912. The molecule has 140 valence electrons. The lowest BCUT2D eigenvalue weighted by atomic mass is 10.1. The standard InChI is InChI=1S/C15H12ClF3NO5P/c16-12-8-10(15(17,18)19)1-4-14(12)25-11-2-3-13(20(21)22)9(7-11)5-6-26(23)24/h1-4,7-8,26H,5-6H2,(H-,21,22,23,24). The largest absolute Gasteiger partial charge is 0.802 e. The molecule has 0 aliphatic carbocycles. The number of benzene rings is 2. The van der Waals surface area contributed by atoms with Crippen LogP contribution in [-0.4, -0.2) is 16.3 Å². The number of ether oxygens (including phenoxy) is 1. The van der Waals surface area contributed by atoms with Crippen molar-refractivity contribution in [2.45, 2.75) is 12.6 Å². The summed E-state index contributed by atoms with van der Waals surface area (Å²) in [5, 5.41) is 8.79. The van der Waals surface area contributed by atoms with Gasteiger partial charge in [0.25, 0.3) is 4.92 Å². The molecule has 0 fully saturated rings. The van der Waals surface area contributed by atoms with Crippen molar-refractivity contribution >= 4 is 25.3 Å². The van der Waals surface area contributed by atoms with E-state index in [9.17, 15) is 27.5 Å². The van der Waals surface area contributed by atoms with Crippen molar-refractivity contribution in [3.05, 3.63) is 57.5 Å². The summed E-state index contributed by atoms with van der Waals surface area (Å²) >= 11 is 5.81. The number of alkyl halides is 3. The highest BCUT2D eigenvalue weighted by Gasteiger charge is 2.31. The number of hydrogen-bond acceptors (Lipinski definition) is 4. The molecule has 0 saturated carbocycles. The van der Waals surface area contributed by atoms with Crippen LogP contribution in [0.3, 0.4) is 0 Å². The average molecular weight is 410 g/mol. The minimum atomic E-state index is -4.55. The summed E-state index contributed by atoms with van der Waals surface area (Å²) < 4.78 is 54.1. The molecule has 0 amide bonds. The molecule has 6 nitrogen and oxygen atoms in total. The van der Waals surface area contributed by atoms with E-state index in [1.807, 2.05) is 0 Å². The molecule has 1 unspecified atom stereocenters. The quantitative estimate of drug-likeness (QED) is 0.566. The van der Waals surface area contributed by atoms with E-state index in [0.717, 1.165) is 12.1 Å². The highest BCUT2D eigenvalue weighted by molar-refractivity contribution is 7.36. The van der Waals surface area contributed by atoms with Crippen LogP contribution in [-0.2, 0) is 17.2 Å². The third-order valence-corrected chi connectivity index (χ3v) is 4.30. The van der Waals surface area contributed by atoms with E-state index in [0.29, 0.717) is 6.07 Å². The average Bonchev–Trinajstić information content (AvgIpc) is 2.53. The van der Waals surface area contributed by atoms with E-state index in [-0.39, 0.29) is 40.4 Å². The molecule has 2 aromatic rings. The van der Waals surface area contributed by atoms with Gasteiger partial charge in [-0.1, -0.05) is 11.6 Å². The summed E-state index contributed by atoms with van der Waals surface area (Å²) in [4.78, 5) is 21.5. The van der Waals surface area contributed by atoms with E-state index in [2.05, 4.69) is 0 Å². The van der Waals surface area contributed by atoms with Crippen LogP contribution >= 0.6 is 19.6 Å². The second kappa shape index (κ2) is 8.07. The summed E-state index contributed by atoms with van der Waals surface area (Å²) in [5.74, 6) is 0.0524. The molecular weight excluding hydrogens is 398 g/mol. The lowest BCUT2D eigenvalue weighted by Crippen LogP contribution is -2.04. The molecular formula is C15H12ClF3NO5P. The molecule has 1 atom stereocenters. The minimum Gasteiger partial charge on any atom is -0.802 e. The minimum absolute atomic E-state index is 0.0477. The molecule has 0 saturated heterocycles. The van der Waals surface area contributed by atoms with Crippen molar-refractivity contribution < 1.29 is 37.5 Å². The summed E-state index contributed by atoms with van der Waals surface area (Å²) in [7, 11) is -3.04. The molecule has 1 N–H and O–H groups in total. The second-order valence-electron chi connectivity index (χ2n) is 5.18. The Balaban J connectivity index is 2.30. The number of rotatable bonds is 6. The highest BCUT2D eigenvalue weighted by Crippen LogP contribution is 2.37. The van der Waals surface area contributed by atoms with Gasteiger partial charge in [-0.15, -0.1) is 0 Å². The van der Waals surface area contributed by atoms with Gasteiger partial charge in [-0.25, -0.2) is 5.21 Å². The Morgan fingerprint density at radius 3 is 2.46 bits per heavy atom. The SMILES string of the molecule is O=[N+](O)c1ccc(Oc2ccc(C(F)(F)F)cc2Cl)cc1CC[PH](=O)[O-]. The van der Waals surface area contributed by atoms with E-state index in [1.54, 1.807) is 0 Å². The van der Waals surface area contributed by atoms with Crippen molar-refractivity contribution in [3.8, 4) is 11.5 Å². The predicted molar refractivity (Wildman–Crippen MR) is 85.6 cm³/mol. The zero-order chi connectivity index (χ0) is 19.5. The monoisotopic (exact) mass is 409 g/mol. The maximum atomic E-state index is 12.6. The van der Waals surface area contributed by atoms with Gasteiger partial charge in [0.1, 0.15) is 11.5 Å². The first-order valence-electron chi connectivity index (χ1n) is 7.11. The van der Waals surface area contributed by atoms with E-state index < -0.39 is 24.7 Å². The van der Waals surface area contributed by atoms with Crippen molar-refractivity contribution in [1.82, 2.24) is 0 Å². The fourth-order valence-corrected chi connectivity index (χ4v) is 2.83. The lowest BCUT2D eigenvalue weighted by molar-refractivity contribution is -0.730. The normalized spacial score (nSPS) is 12.7.